The first kappa shape index (κ1) is 21.5. The number of rotatable bonds is 6. The van der Waals surface area contributed by atoms with E-state index in [0.717, 1.165) is 17.0 Å². The molecule has 0 bridgehead atoms. The molecule has 2 amide bonds. The molecule has 158 valence electrons. The fourth-order valence-corrected chi connectivity index (χ4v) is 3.33. The second kappa shape index (κ2) is 8.30. The van der Waals surface area contributed by atoms with Crippen molar-refractivity contribution in [1.82, 2.24) is 4.90 Å². The Hall–Kier alpha value is -3.16. The van der Waals surface area contributed by atoms with Crippen LogP contribution < -0.4 is 0 Å². The molecule has 0 aromatic heterocycles. The summed E-state index contributed by atoms with van der Waals surface area (Å²) in [6.07, 6.45) is -4.34. The number of carbonyl (C=O) groups is 3. The van der Waals surface area contributed by atoms with Crippen LogP contribution in [0.5, 0.6) is 0 Å². The van der Waals surface area contributed by atoms with E-state index in [2.05, 4.69) is 0 Å². The lowest BCUT2D eigenvalue weighted by Crippen LogP contribution is -2.46. The fourth-order valence-electron chi connectivity index (χ4n) is 3.33. The van der Waals surface area contributed by atoms with Gasteiger partial charge in [-0.1, -0.05) is 38.1 Å². The first-order chi connectivity index (χ1) is 14.1. The summed E-state index contributed by atoms with van der Waals surface area (Å²) in [6.45, 7) is 3.25. The number of alkyl halides is 3. The van der Waals surface area contributed by atoms with Crippen molar-refractivity contribution in [2.45, 2.75) is 39.1 Å². The second-order valence-corrected chi connectivity index (χ2v) is 7.48. The molecule has 1 aliphatic rings. The van der Waals surface area contributed by atoms with Gasteiger partial charge >= 0.3 is 12.1 Å². The normalized spacial score (nSPS) is 14.8. The Bertz CT molecular complexity index is 949. The molecule has 0 saturated carbocycles. The Morgan fingerprint density at radius 2 is 1.60 bits per heavy atom. The highest BCUT2D eigenvalue weighted by Crippen LogP contribution is 2.30. The molecule has 0 spiro atoms. The molecule has 0 N–H and O–H groups in total. The molecule has 1 atom stereocenters. The lowest BCUT2D eigenvalue weighted by atomic mass is 10.0. The molecule has 0 radical (unpaired) electrons. The number of benzene rings is 2. The Morgan fingerprint density at radius 3 is 2.13 bits per heavy atom. The number of halogens is 3. The average molecular weight is 419 g/mol. The Morgan fingerprint density at radius 1 is 1.00 bits per heavy atom. The van der Waals surface area contributed by atoms with Gasteiger partial charge in [0.15, 0.2) is 0 Å². The second-order valence-electron chi connectivity index (χ2n) is 7.48. The zero-order chi connectivity index (χ0) is 22.1. The quantitative estimate of drug-likeness (QED) is 0.512. The van der Waals surface area contributed by atoms with Crippen LogP contribution in [0.2, 0.25) is 0 Å². The van der Waals surface area contributed by atoms with Crippen molar-refractivity contribution in [2.75, 3.05) is 0 Å². The summed E-state index contributed by atoms with van der Waals surface area (Å²) in [5, 5.41) is 0. The molecule has 0 fully saturated rings. The van der Waals surface area contributed by atoms with Gasteiger partial charge in [-0.2, -0.15) is 13.2 Å². The summed E-state index contributed by atoms with van der Waals surface area (Å²) in [6, 6.07) is 9.55. The van der Waals surface area contributed by atoms with E-state index in [-0.39, 0.29) is 29.0 Å². The topological polar surface area (TPSA) is 63.7 Å². The third-order valence-corrected chi connectivity index (χ3v) is 4.74. The molecule has 2 aromatic rings. The van der Waals surface area contributed by atoms with Gasteiger partial charge < -0.3 is 4.74 Å². The van der Waals surface area contributed by atoms with Gasteiger partial charge in [-0.25, -0.2) is 4.79 Å². The summed E-state index contributed by atoms with van der Waals surface area (Å²) in [5.74, 6) is -2.05. The van der Waals surface area contributed by atoms with Crippen LogP contribution >= 0.6 is 0 Å². The van der Waals surface area contributed by atoms with Crippen LogP contribution in [0.3, 0.4) is 0 Å². The highest BCUT2D eigenvalue weighted by atomic mass is 19.4. The highest BCUT2D eigenvalue weighted by molar-refractivity contribution is 6.22. The van der Waals surface area contributed by atoms with E-state index in [1.54, 1.807) is 12.1 Å². The van der Waals surface area contributed by atoms with Crippen molar-refractivity contribution < 1.29 is 32.3 Å². The van der Waals surface area contributed by atoms with Gasteiger partial charge in [-0.3, -0.25) is 14.5 Å². The number of imide groups is 1. The van der Waals surface area contributed by atoms with Crippen LogP contribution in [0.4, 0.5) is 13.2 Å². The summed E-state index contributed by atoms with van der Waals surface area (Å²) < 4.78 is 43.8. The molecular formula is C22H20F3NO4. The standard InChI is InChI=1S/C22H20F3NO4/c1-13(2)10-18(26-19(27)16-8-3-4-9-17(16)20(26)28)21(29)30-12-14-6-5-7-15(11-14)22(23,24)25/h3-9,11,13,18H,10,12H2,1-2H3. The maximum Gasteiger partial charge on any atom is 0.416 e. The fraction of sp³-hybridized carbons (Fsp3) is 0.318. The van der Waals surface area contributed by atoms with E-state index in [0.29, 0.717) is 0 Å². The van der Waals surface area contributed by atoms with Gasteiger partial charge in [0, 0.05) is 0 Å². The summed E-state index contributed by atoms with van der Waals surface area (Å²) in [4.78, 5) is 39.1. The minimum Gasteiger partial charge on any atom is -0.459 e. The molecule has 3 rings (SSSR count). The Kier molecular flexibility index (Phi) is 5.96. The maximum absolute atomic E-state index is 12.9. The first-order valence-corrected chi connectivity index (χ1v) is 9.39. The van der Waals surface area contributed by atoms with Gasteiger partial charge in [0.2, 0.25) is 0 Å². The zero-order valence-electron chi connectivity index (χ0n) is 16.4. The molecule has 1 unspecified atom stereocenters. The minimum absolute atomic E-state index is 0.0413. The van der Waals surface area contributed by atoms with Crippen LogP contribution in [0.1, 0.15) is 52.1 Å². The summed E-state index contributed by atoms with van der Waals surface area (Å²) in [7, 11) is 0. The molecule has 1 aliphatic heterocycles. The predicted molar refractivity (Wildman–Crippen MR) is 101 cm³/mol. The van der Waals surface area contributed by atoms with E-state index >= 15 is 0 Å². The number of esters is 1. The van der Waals surface area contributed by atoms with Crippen molar-refractivity contribution in [1.29, 1.82) is 0 Å². The van der Waals surface area contributed by atoms with E-state index in [9.17, 15) is 27.6 Å². The van der Waals surface area contributed by atoms with E-state index < -0.39 is 42.2 Å². The van der Waals surface area contributed by atoms with Gasteiger partial charge in [-0.05, 0) is 42.2 Å². The maximum atomic E-state index is 12.9. The minimum atomic E-state index is -4.51. The number of hydrogen-bond donors (Lipinski definition) is 0. The smallest absolute Gasteiger partial charge is 0.416 e. The third kappa shape index (κ3) is 4.37. The van der Waals surface area contributed by atoms with Crippen LogP contribution in [0, 0.1) is 5.92 Å². The van der Waals surface area contributed by atoms with Gasteiger partial charge in [-0.15, -0.1) is 0 Å². The summed E-state index contributed by atoms with van der Waals surface area (Å²) in [5.41, 5.74) is -0.275. The molecule has 0 saturated heterocycles. The van der Waals surface area contributed by atoms with Crippen LogP contribution in [0.15, 0.2) is 48.5 Å². The monoisotopic (exact) mass is 419 g/mol. The van der Waals surface area contributed by atoms with Crippen molar-refractivity contribution in [3.8, 4) is 0 Å². The number of amides is 2. The van der Waals surface area contributed by atoms with Crippen LogP contribution in [-0.4, -0.2) is 28.7 Å². The van der Waals surface area contributed by atoms with E-state index in [1.165, 1.54) is 24.3 Å². The Balaban J connectivity index is 1.79. The molecule has 30 heavy (non-hydrogen) atoms. The lowest BCUT2D eigenvalue weighted by Gasteiger charge is -2.26. The van der Waals surface area contributed by atoms with Gasteiger partial charge in [0.25, 0.3) is 11.8 Å². The number of hydrogen-bond acceptors (Lipinski definition) is 4. The average Bonchev–Trinajstić information content (AvgIpc) is 2.94. The molecule has 1 heterocycles. The zero-order valence-corrected chi connectivity index (χ0v) is 16.4. The predicted octanol–water partition coefficient (Wildman–Crippen LogP) is 4.46. The highest BCUT2D eigenvalue weighted by Gasteiger charge is 2.43. The van der Waals surface area contributed by atoms with Crippen molar-refractivity contribution >= 4 is 17.8 Å². The SMILES string of the molecule is CC(C)CC(C(=O)OCc1cccc(C(F)(F)F)c1)N1C(=O)c2ccccc2C1=O. The molecule has 8 heteroatoms. The van der Waals surface area contributed by atoms with Gasteiger partial charge in [0.05, 0.1) is 16.7 Å². The molecule has 5 nitrogen and oxygen atoms in total. The van der Waals surface area contributed by atoms with Gasteiger partial charge in [0.1, 0.15) is 12.6 Å². The summed E-state index contributed by atoms with van der Waals surface area (Å²) >= 11 is 0. The molecule has 0 aliphatic carbocycles. The number of fused-ring (bicyclic) bond motifs is 1. The van der Waals surface area contributed by atoms with Crippen molar-refractivity contribution in [3.05, 3.63) is 70.8 Å². The number of carbonyl (C=O) groups excluding carboxylic acids is 3. The van der Waals surface area contributed by atoms with E-state index in [1.807, 2.05) is 13.8 Å². The van der Waals surface area contributed by atoms with Crippen LogP contribution in [0.25, 0.3) is 0 Å². The largest absolute Gasteiger partial charge is 0.459 e. The van der Waals surface area contributed by atoms with Crippen LogP contribution in [-0.2, 0) is 22.3 Å². The van der Waals surface area contributed by atoms with E-state index in [4.69, 9.17) is 4.74 Å². The first-order valence-electron chi connectivity index (χ1n) is 9.39. The number of nitrogens with zero attached hydrogens (tertiary/aromatic N) is 1. The lowest BCUT2D eigenvalue weighted by molar-refractivity contribution is -0.150. The number of ether oxygens (including phenoxy) is 1. The Labute approximate surface area is 171 Å². The van der Waals surface area contributed by atoms with Crippen molar-refractivity contribution in [3.63, 3.8) is 0 Å². The van der Waals surface area contributed by atoms with Crippen molar-refractivity contribution in [2.24, 2.45) is 5.92 Å². The molecule has 2 aromatic carbocycles. The molecular weight excluding hydrogens is 399 g/mol. The third-order valence-electron chi connectivity index (χ3n) is 4.74.